The number of anilines is 1. The molecule has 0 radical (unpaired) electrons. The fraction of sp³-hybridized carbons (Fsp3) is 0.636. The molecule has 0 aliphatic rings. The molecule has 3 N–H and O–H groups in total. The van der Waals surface area contributed by atoms with Crippen molar-refractivity contribution in [2.75, 3.05) is 18.8 Å². The normalized spacial score (nSPS) is 10.4. The number of aryl methyl sites for hydroxylation is 1. The Hall–Kier alpha value is -1.52. The number of nitrogens with one attached hydrogen (secondary N) is 1. The molecule has 0 aliphatic heterocycles. The summed E-state index contributed by atoms with van der Waals surface area (Å²) in [5.41, 5.74) is 7.53. The van der Waals surface area contributed by atoms with Gasteiger partial charge < -0.3 is 10.6 Å². The lowest BCUT2D eigenvalue weighted by molar-refractivity contribution is 0.0759. The summed E-state index contributed by atoms with van der Waals surface area (Å²) < 4.78 is 0. The highest BCUT2D eigenvalue weighted by atomic mass is 16.2. The minimum Gasteiger partial charge on any atom is -0.395 e. The largest absolute Gasteiger partial charge is 0.395 e. The molecule has 5 heteroatoms. The molecule has 90 valence electrons. The summed E-state index contributed by atoms with van der Waals surface area (Å²) in [6.07, 6.45) is 1.69. The van der Waals surface area contributed by atoms with Crippen molar-refractivity contribution in [3.63, 3.8) is 0 Å². The van der Waals surface area contributed by atoms with Crippen LogP contribution in [0.15, 0.2) is 0 Å². The molecule has 0 saturated heterocycles. The van der Waals surface area contributed by atoms with Gasteiger partial charge in [0.2, 0.25) is 0 Å². The number of nitrogens with two attached hydrogens (primary N) is 1. The number of nitrogen functional groups attached to an aromatic ring is 1. The highest BCUT2D eigenvalue weighted by Crippen LogP contribution is 2.16. The highest BCUT2D eigenvalue weighted by Gasteiger charge is 2.20. The van der Waals surface area contributed by atoms with Gasteiger partial charge in [-0.1, -0.05) is 13.8 Å². The summed E-state index contributed by atoms with van der Waals surface area (Å²) in [4.78, 5) is 13.8. The first-order valence-corrected chi connectivity index (χ1v) is 5.77. The zero-order valence-electron chi connectivity index (χ0n) is 10.2. The molecule has 0 atom stereocenters. The molecule has 0 bridgehead atoms. The lowest BCUT2D eigenvalue weighted by Crippen LogP contribution is -2.32. The molecule has 1 amide bonds. The second-order valence-electron chi connectivity index (χ2n) is 3.70. The number of aromatic amines is 1. The molecule has 0 aliphatic carbocycles. The maximum absolute atomic E-state index is 12.1. The van der Waals surface area contributed by atoms with Gasteiger partial charge in [-0.3, -0.25) is 9.89 Å². The van der Waals surface area contributed by atoms with Crippen LogP contribution in [0.1, 0.15) is 43.4 Å². The second-order valence-corrected chi connectivity index (χ2v) is 3.70. The number of aromatic nitrogens is 2. The van der Waals surface area contributed by atoms with E-state index in [1.165, 1.54) is 0 Å². The Morgan fingerprint density at radius 1 is 1.44 bits per heavy atom. The van der Waals surface area contributed by atoms with E-state index in [4.69, 9.17) is 5.73 Å². The minimum absolute atomic E-state index is 0.0854. The van der Waals surface area contributed by atoms with Crippen LogP contribution in [0.25, 0.3) is 0 Å². The molecule has 0 aromatic carbocycles. The Bertz CT molecular complexity index is 359. The number of hydrogen-bond acceptors (Lipinski definition) is 3. The van der Waals surface area contributed by atoms with Crippen LogP contribution in [-0.2, 0) is 6.42 Å². The third-order valence-electron chi connectivity index (χ3n) is 2.60. The van der Waals surface area contributed by atoms with Crippen molar-refractivity contribution >= 4 is 11.6 Å². The summed E-state index contributed by atoms with van der Waals surface area (Å²) >= 11 is 0. The Balaban J connectivity index is 2.90. The topological polar surface area (TPSA) is 75.0 Å². The van der Waals surface area contributed by atoms with E-state index in [0.29, 0.717) is 17.9 Å². The van der Waals surface area contributed by atoms with Crippen LogP contribution >= 0.6 is 0 Å². The molecule has 0 saturated carbocycles. The Labute approximate surface area is 96.0 Å². The molecule has 0 unspecified atom stereocenters. The zero-order valence-corrected chi connectivity index (χ0v) is 10.2. The third kappa shape index (κ3) is 2.35. The van der Waals surface area contributed by atoms with E-state index in [1.807, 2.05) is 20.8 Å². The van der Waals surface area contributed by atoms with Gasteiger partial charge in [-0.05, 0) is 19.8 Å². The van der Waals surface area contributed by atoms with Crippen molar-refractivity contribution in [2.45, 2.75) is 33.6 Å². The standard InChI is InChI=1S/C11H20N4O/c1-4-7-15(6-3)11(16)10-9(12)8(5-2)13-14-10/h4-7,12H2,1-3H3,(H,13,14). The number of hydrogen-bond donors (Lipinski definition) is 2. The first-order chi connectivity index (χ1) is 7.65. The van der Waals surface area contributed by atoms with Crippen LogP contribution in [-0.4, -0.2) is 34.1 Å². The number of nitrogens with zero attached hydrogens (tertiary/aromatic N) is 2. The van der Waals surface area contributed by atoms with Gasteiger partial charge in [0.1, 0.15) is 0 Å². The van der Waals surface area contributed by atoms with Gasteiger partial charge in [-0.2, -0.15) is 5.10 Å². The van der Waals surface area contributed by atoms with Crippen molar-refractivity contribution in [1.82, 2.24) is 15.1 Å². The van der Waals surface area contributed by atoms with Crippen LogP contribution in [0.5, 0.6) is 0 Å². The number of carbonyl (C=O) groups excluding carboxylic acids is 1. The summed E-state index contributed by atoms with van der Waals surface area (Å²) in [5.74, 6) is -0.0854. The van der Waals surface area contributed by atoms with Crippen molar-refractivity contribution in [2.24, 2.45) is 0 Å². The second kappa shape index (κ2) is 5.53. The number of carbonyl (C=O) groups is 1. The fourth-order valence-corrected chi connectivity index (χ4v) is 1.64. The van der Waals surface area contributed by atoms with E-state index in [-0.39, 0.29) is 5.91 Å². The molecular weight excluding hydrogens is 204 g/mol. The van der Waals surface area contributed by atoms with Crippen LogP contribution in [0.3, 0.4) is 0 Å². The van der Waals surface area contributed by atoms with Gasteiger partial charge in [0.15, 0.2) is 5.69 Å². The Morgan fingerprint density at radius 3 is 2.56 bits per heavy atom. The first kappa shape index (κ1) is 12.5. The number of rotatable bonds is 5. The maximum atomic E-state index is 12.1. The van der Waals surface area contributed by atoms with Gasteiger partial charge in [0.05, 0.1) is 11.4 Å². The predicted molar refractivity (Wildman–Crippen MR) is 64.2 cm³/mol. The van der Waals surface area contributed by atoms with Crippen LogP contribution in [0.4, 0.5) is 5.69 Å². The lowest BCUT2D eigenvalue weighted by Gasteiger charge is -2.18. The fourth-order valence-electron chi connectivity index (χ4n) is 1.64. The van der Waals surface area contributed by atoms with E-state index in [1.54, 1.807) is 4.90 Å². The molecule has 5 nitrogen and oxygen atoms in total. The molecular formula is C11H20N4O. The molecule has 0 fully saturated rings. The molecule has 1 aromatic heterocycles. The summed E-state index contributed by atoms with van der Waals surface area (Å²) in [7, 11) is 0. The van der Waals surface area contributed by atoms with Crippen LogP contribution < -0.4 is 5.73 Å². The summed E-state index contributed by atoms with van der Waals surface area (Å²) in [6.45, 7) is 7.39. The van der Waals surface area contributed by atoms with Crippen LogP contribution in [0, 0.1) is 0 Å². The van der Waals surface area contributed by atoms with Crippen molar-refractivity contribution in [1.29, 1.82) is 0 Å². The molecule has 1 rings (SSSR count). The van der Waals surface area contributed by atoms with Gasteiger partial charge in [-0.15, -0.1) is 0 Å². The Morgan fingerprint density at radius 2 is 2.12 bits per heavy atom. The van der Waals surface area contributed by atoms with Crippen molar-refractivity contribution < 1.29 is 4.79 Å². The van der Waals surface area contributed by atoms with Gasteiger partial charge in [0, 0.05) is 13.1 Å². The first-order valence-electron chi connectivity index (χ1n) is 5.77. The van der Waals surface area contributed by atoms with Gasteiger partial charge in [-0.25, -0.2) is 0 Å². The van der Waals surface area contributed by atoms with Gasteiger partial charge >= 0.3 is 0 Å². The predicted octanol–water partition coefficient (Wildman–Crippen LogP) is 1.43. The third-order valence-corrected chi connectivity index (χ3v) is 2.60. The zero-order chi connectivity index (χ0) is 12.1. The SMILES string of the molecule is CCCN(CC)C(=O)c1n[nH]c(CC)c1N. The molecule has 1 aromatic rings. The summed E-state index contributed by atoms with van der Waals surface area (Å²) in [5, 5.41) is 6.80. The monoisotopic (exact) mass is 224 g/mol. The van der Waals surface area contributed by atoms with Gasteiger partial charge in [0.25, 0.3) is 5.91 Å². The van der Waals surface area contributed by atoms with Crippen molar-refractivity contribution in [3.05, 3.63) is 11.4 Å². The average Bonchev–Trinajstić information content (AvgIpc) is 2.66. The van der Waals surface area contributed by atoms with E-state index < -0.39 is 0 Å². The lowest BCUT2D eigenvalue weighted by atomic mass is 10.2. The molecule has 1 heterocycles. The highest BCUT2D eigenvalue weighted by molar-refractivity contribution is 5.97. The molecule has 0 spiro atoms. The van der Waals surface area contributed by atoms with E-state index >= 15 is 0 Å². The van der Waals surface area contributed by atoms with E-state index in [2.05, 4.69) is 10.2 Å². The quantitative estimate of drug-likeness (QED) is 0.794. The van der Waals surface area contributed by atoms with Crippen molar-refractivity contribution in [3.8, 4) is 0 Å². The van der Waals surface area contributed by atoms with E-state index in [9.17, 15) is 4.79 Å². The van der Waals surface area contributed by atoms with E-state index in [0.717, 1.165) is 25.1 Å². The average molecular weight is 224 g/mol. The molecule has 16 heavy (non-hydrogen) atoms. The number of H-pyrrole nitrogens is 1. The summed E-state index contributed by atoms with van der Waals surface area (Å²) in [6, 6.07) is 0. The minimum atomic E-state index is -0.0854. The number of amides is 1. The Kier molecular flexibility index (Phi) is 4.34. The van der Waals surface area contributed by atoms with Crippen LogP contribution in [0.2, 0.25) is 0 Å². The maximum Gasteiger partial charge on any atom is 0.276 e. The smallest absolute Gasteiger partial charge is 0.276 e.